The van der Waals surface area contributed by atoms with Gasteiger partial charge >= 0.3 is 0 Å². The van der Waals surface area contributed by atoms with Crippen LogP contribution < -0.4 is 4.72 Å². The molecular weight excluding hydrogens is 352 g/mol. The summed E-state index contributed by atoms with van der Waals surface area (Å²) in [6.07, 6.45) is 6.97. The minimum absolute atomic E-state index is 0.0245. The van der Waals surface area contributed by atoms with Crippen molar-refractivity contribution in [3.8, 4) is 0 Å². The molecule has 0 aromatic carbocycles. The number of nitrogens with one attached hydrogen (secondary N) is 1. The van der Waals surface area contributed by atoms with Crippen molar-refractivity contribution >= 4 is 27.5 Å². The number of aromatic nitrogens is 1. The van der Waals surface area contributed by atoms with Crippen LogP contribution in [0.4, 0.5) is 0 Å². The molecule has 1 aromatic heterocycles. The molecule has 0 radical (unpaired) electrons. The molecule has 0 spiro atoms. The Kier molecular flexibility index (Phi) is 7.01. The van der Waals surface area contributed by atoms with Crippen LogP contribution in [0, 0.1) is 0 Å². The van der Waals surface area contributed by atoms with Gasteiger partial charge in [0.05, 0.1) is 11.9 Å². The average molecular weight is 375 g/mol. The molecule has 1 aliphatic carbocycles. The molecule has 0 unspecified atom stereocenters. The fraction of sp³-hybridized carbons (Fsp3) is 0.625. The molecular formula is C16H23ClN2O4S. The van der Waals surface area contributed by atoms with Crippen molar-refractivity contribution in [2.45, 2.75) is 63.4 Å². The number of carbonyl (C=O) groups excluding carboxylic acids is 1. The van der Waals surface area contributed by atoms with Gasteiger partial charge in [0, 0.05) is 6.20 Å². The lowest BCUT2D eigenvalue weighted by Gasteiger charge is -2.20. The first-order valence-corrected chi connectivity index (χ1v) is 10.2. The van der Waals surface area contributed by atoms with Crippen molar-refractivity contribution in [3.05, 3.63) is 29.0 Å². The van der Waals surface area contributed by atoms with Crippen molar-refractivity contribution in [2.24, 2.45) is 0 Å². The first kappa shape index (κ1) is 19.1. The number of sulfonamides is 1. The number of nitrogens with zero attached hydrogens (tertiary/aromatic N) is 1. The van der Waals surface area contributed by atoms with Crippen molar-refractivity contribution in [1.82, 2.24) is 9.71 Å². The Morgan fingerprint density at radius 1 is 1.33 bits per heavy atom. The fourth-order valence-corrected chi connectivity index (χ4v) is 3.98. The number of ether oxygens (including phenoxy) is 1. The van der Waals surface area contributed by atoms with Crippen LogP contribution in [0.3, 0.4) is 0 Å². The van der Waals surface area contributed by atoms with Crippen LogP contribution in [0.15, 0.2) is 18.3 Å². The Balaban J connectivity index is 1.87. The maximum absolute atomic E-state index is 12.1. The van der Waals surface area contributed by atoms with E-state index in [1.807, 2.05) is 0 Å². The Bertz CT molecular complexity index is 641. The lowest BCUT2D eigenvalue weighted by atomic mass is 10.1. The van der Waals surface area contributed by atoms with Crippen LogP contribution in [0.25, 0.3) is 0 Å². The molecule has 1 atom stereocenters. The molecule has 1 saturated carbocycles. The third-order valence-corrected chi connectivity index (χ3v) is 5.42. The maximum atomic E-state index is 12.1. The van der Waals surface area contributed by atoms with Gasteiger partial charge in [-0.2, -0.15) is 0 Å². The van der Waals surface area contributed by atoms with Gasteiger partial charge in [-0.3, -0.25) is 9.52 Å². The van der Waals surface area contributed by atoms with Gasteiger partial charge in [0.2, 0.25) is 10.0 Å². The number of hydrogen-bond acceptors (Lipinski definition) is 5. The van der Waals surface area contributed by atoms with Crippen LogP contribution in [0.2, 0.25) is 5.15 Å². The SMILES string of the molecule is C[C@H](OC1CCCCCC1)C(=O)NS(=O)(=O)Cc1ccc(Cl)nc1. The zero-order chi connectivity index (χ0) is 17.6. The van der Waals surface area contributed by atoms with Crippen molar-refractivity contribution < 1.29 is 17.9 Å². The molecule has 1 N–H and O–H groups in total. The minimum Gasteiger partial charge on any atom is -0.365 e. The summed E-state index contributed by atoms with van der Waals surface area (Å²) >= 11 is 5.67. The van der Waals surface area contributed by atoms with Gasteiger partial charge in [-0.05, 0) is 31.4 Å². The molecule has 6 nitrogen and oxygen atoms in total. The van der Waals surface area contributed by atoms with E-state index in [1.54, 1.807) is 13.0 Å². The second-order valence-corrected chi connectivity index (χ2v) is 8.22. The number of amides is 1. The summed E-state index contributed by atoms with van der Waals surface area (Å²) in [5.41, 5.74) is 0.456. The fourth-order valence-electron chi connectivity index (χ4n) is 2.71. The lowest BCUT2D eigenvalue weighted by molar-refractivity contribution is -0.133. The normalized spacial score (nSPS) is 17.9. The summed E-state index contributed by atoms with van der Waals surface area (Å²) in [4.78, 5) is 15.9. The summed E-state index contributed by atoms with van der Waals surface area (Å²) in [5, 5.41) is 0.283. The largest absolute Gasteiger partial charge is 0.365 e. The summed E-state index contributed by atoms with van der Waals surface area (Å²) in [6, 6.07) is 3.07. The van der Waals surface area contributed by atoms with Crippen LogP contribution in [0.5, 0.6) is 0 Å². The zero-order valence-electron chi connectivity index (χ0n) is 13.7. The van der Waals surface area contributed by atoms with E-state index in [1.165, 1.54) is 25.1 Å². The second kappa shape index (κ2) is 8.78. The highest BCUT2D eigenvalue weighted by Crippen LogP contribution is 2.21. The molecule has 1 amide bonds. The van der Waals surface area contributed by atoms with Crippen molar-refractivity contribution in [3.63, 3.8) is 0 Å². The third kappa shape index (κ3) is 6.37. The lowest BCUT2D eigenvalue weighted by Crippen LogP contribution is -2.40. The number of rotatable bonds is 6. The Hall–Kier alpha value is -1.18. The molecule has 8 heteroatoms. The van der Waals surface area contributed by atoms with E-state index in [2.05, 4.69) is 9.71 Å². The monoisotopic (exact) mass is 374 g/mol. The standard InChI is InChI=1S/C16H23ClN2O4S/c1-12(23-14-6-4-2-3-5-7-14)16(20)19-24(21,22)11-13-8-9-15(17)18-10-13/h8-10,12,14H,2-7,11H2,1H3,(H,19,20)/t12-/m0/s1. The zero-order valence-corrected chi connectivity index (χ0v) is 15.3. The third-order valence-electron chi connectivity index (χ3n) is 3.97. The summed E-state index contributed by atoms with van der Waals surface area (Å²) in [6.45, 7) is 1.58. The minimum atomic E-state index is -3.80. The Labute approximate surface area is 148 Å². The number of pyridine rings is 1. The van der Waals surface area contributed by atoms with E-state index in [-0.39, 0.29) is 17.0 Å². The number of hydrogen-bond donors (Lipinski definition) is 1. The Morgan fingerprint density at radius 2 is 2.00 bits per heavy atom. The quantitative estimate of drug-likeness (QED) is 0.611. The van der Waals surface area contributed by atoms with E-state index >= 15 is 0 Å². The average Bonchev–Trinajstić information content (AvgIpc) is 2.77. The van der Waals surface area contributed by atoms with E-state index in [0.29, 0.717) is 5.56 Å². The van der Waals surface area contributed by atoms with Crippen LogP contribution in [-0.4, -0.2) is 31.5 Å². The Morgan fingerprint density at radius 3 is 2.58 bits per heavy atom. The van der Waals surface area contributed by atoms with Crippen molar-refractivity contribution in [2.75, 3.05) is 0 Å². The molecule has 0 aliphatic heterocycles. The molecule has 1 aliphatic rings. The smallest absolute Gasteiger partial charge is 0.262 e. The van der Waals surface area contributed by atoms with Gasteiger partial charge in [-0.25, -0.2) is 13.4 Å². The van der Waals surface area contributed by atoms with Crippen LogP contribution >= 0.6 is 11.6 Å². The highest BCUT2D eigenvalue weighted by atomic mass is 35.5. The topological polar surface area (TPSA) is 85.4 Å². The maximum Gasteiger partial charge on any atom is 0.262 e. The first-order valence-electron chi connectivity index (χ1n) is 8.16. The molecule has 1 aromatic rings. The molecule has 24 heavy (non-hydrogen) atoms. The summed E-state index contributed by atoms with van der Waals surface area (Å²) < 4.78 is 32.0. The van der Waals surface area contributed by atoms with E-state index in [0.717, 1.165) is 25.7 Å². The highest BCUT2D eigenvalue weighted by molar-refractivity contribution is 7.89. The summed E-state index contributed by atoms with van der Waals surface area (Å²) in [7, 11) is -3.80. The molecule has 1 fully saturated rings. The van der Waals surface area contributed by atoms with Crippen LogP contribution in [-0.2, 0) is 25.3 Å². The first-order chi connectivity index (χ1) is 11.4. The van der Waals surface area contributed by atoms with Gasteiger partial charge < -0.3 is 4.74 Å². The van der Waals surface area contributed by atoms with Gasteiger partial charge in [-0.1, -0.05) is 43.4 Å². The molecule has 2 rings (SSSR count). The van der Waals surface area contributed by atoms with Gasteiger partial charge in [0.1, 0.15) is 11.3 Å². The van der Waals surface area contributed by atoms with Gasteiger partial charge in [0.15, 0.2) is 0 Å². The molecule has 0 bridgehead atoms. The highest BCUT2D eigenvalue weighted by Gasteiger charge is 2.24. The van der Waals surface area contributed by atoms with E-state index < -0.39 is 22.0 Å². The van der Waals surface area contributed by atoms with Crippen LogP contribution in [0.1, 0.15) is 51.0 Å². The van der Waals surface area contributed by atoms with Crippen molar-refractivity contribution in [1.29, 1.82) is 0 Å². The van der Waals surface area contributed by atoms with E-state index in [4.69, 9.17) is 16.3 Å². The number of halogens is 1. The number of carbonyl (C=O) groups is 1. The van der Waals surface area contributed by atoms with Gasteiger partial charge in [0.25, 0.3) is 5.91 Å². The van der Waals surface area contributed by atoms with E-state index in [9.17, 15) is 13.2 Å². The predicted octanol–water partition coefficient (Wildman–Crippen LogP) is 2.81. The second-order valence-electron chi connectivity index (χ2n) is 6.11. The molecule has 134 valence electrons. The summed E-state index contributed by atoms with van der Waals surface area (Å²) in [5.74, 6) is -0.972. The van der Waals surface area contributed by atoms with Gasteiger partial charge in [-0.15, -0.1) is 0 Å². The predicted molar refractivity (Wildman–Crippen MR) is 92.1 cm³/mol. The molecule has 0 saturated heterocycles. The molecule has 1 heterocycles.